The fraction of sp³-hybridized carbons (Fsp3) is 0.588. The summed E-state index contributed by atoms with van der Waals surface area (Å²) in [7, 11) is 1.66. The molecule has 0 saturated heterocycles. The molecule has 1 rings (SSSR count). The summed E-state index contributed by atoms with van der Waals surface area (Å²) >= 11 is 1.75. The van der Waals surface area contributed by atoms with Gasteiger partial charge in [0.15, 0.2) is 17.5 Å². The Labute approximate surface area is 152 Å². The van der Waals surface area contributed by atoms with Crippen LogP contribution >= 0.6 is 11.8 Å². The predicted octanol–water partition coefficient (Wildman–Crippen LogP) is 3.49. The summed E-state index contributed by atoms with van der Waals surface area (Å²) in [5.41, 5.74) is 0.568. The van der Waals surface area contributed by atoms with Crippen molar-refractivity contribution >= 4 is 17.7 Å². The summed E-state index contributed by atoms with van der Waals surface area (Å²) in [5, 5.41) is 6.34. The smallest absolute Gasteiger partial charge is 0.387 e. The average Bonchev–Trinajstić information content (AvgIpc) is 2.57. The van der Waals surface area contributed by atoms with Gasteiger partial charge in [0.2, 0.25) is 0 Å². The van der Waals surface area contributed by atoms with Gasteiger partial charge in [-0.2, -0.15) is 20.5 Å². The van der Waals surface area contributed by atoms with Crippen LogP contribution in [0.1, 0.15) is 26.3 Å². The number of benzene rings is 1. The van der Waals surface area contributed by atoms with Crippen molar-refractivity contribution in [1.82, 2.24) is 10.6 Å². The lowest BCUT2D eigenvalue weighted by Gasteiger charge is -2.24. The molecule has 1 aromatic rings. The first-order valence-electron chi connectivity index (χ1n) is 8.02. The van der Waals surface area contributed by atoms with Crippen molar-refractivity contribution in [2.24, 2.45) is 4.99 Å². The van der Waals surface area contributed by atoms with Crippen LogP contribution in [0.15, 0.2) is 23.2 Å². The number of aliphatic imine (C=N–C) groups is 1. The highest BCUT2D eigenvalue weighted by Gasteiger charge is 2.18. The molecule has 0 atom stereocenters. The van der Waals surface area contributed by atoms with Gasteiger partial charge >= 0.3 is 6.61 Å². The molecule has 8 heteroatoms. The maximum Gasteiger partial charge on any atom is 0.387 e. The number of halogens is 2. The molecule has 5 nitrogen and oxygen atoms in total. The van der Waals surface area contributed by atoms with Crippen LogP contribution in [0, 0.1) is 0 Å². The van der Waals surface area contributed by atoms with Crippen molar-refractivity contribution in [2.45, 2.75) is 38.7 Å². The Morgan fingerprint density at radius 3 is 2.60 bits per heavy atom. The Balaban J connectivity index is 2.82. The molecule has 25 heavy (non-hydrogen) atoms. The number of nitrogens with one attached hydrogen (secondary N) is 2. The van der Waals surface area contributed by atoms with Gasteiger partial charge in [0.25, 0.3) is 0 Å². The normalized spacial score (nSPS) is 12.2. The third kappa shape index (κ3) is 7.37. The van der Waals surface area contributed by atoms with Gasteiger partial charge < -0.3 is 20.1 Å². The third-order valence-electron chi connectivity index (χ3n) is 3.47. The van der Waals surface area contributed by atoms with Crippen LogP contribution in [-0.2, 0) is 6.54 Å². The highest BCUT2D eigenvalue weighted by atomic mass is 32.2. The fourth-order valence-electron chi connectivity index (χ4n) is 1.96. The summed E-state index contributed by atoms with van der Waals surface area (Å²) in [6.07, 6.45) is 2.05. The molecule has 142 valence electrons. The third-order valence-corrected chi connectivity index (χ3v) is 4.72. The first-order chi connectivity index (χ1) is 11.8. The summed E-state index contributed by atoms with van der Waals surface area (Å²) in [6.45, 7) is 4.48. The van der Waals surface area contributed by atoms with E-state index in [2.05, 4.69) is 34.2 Å². The number of hydrogen-bond donors (Lipinski definition) is 2. The van der Waals surface area contributed by atoms with Gasteiger partial charge in [-0.15, -0.1) is 0 Å². The molecule has 0 aliphatic rings. The first kappa shape index (κ1) is 21.3. The van der Waals surface area contributed by atoms with Crippen LogP contribution in [0.3, 0.4) is 0 Å². The summed E-state index contributed by atoms with van der Waals surface area (Å²) in [6, 6.07) is 5.07. The van der Waals surface area contributed by atoms with Gasteiger partial charge in [-0.25, -0.2) is 0 Å². The molecule has 0 amide bonds. The van der Waals surface area contributed by atoms with Crippen molar-refractivity contribution < 1.29 is 18.3 Å². The fourth-order valence-corrected chi connectivity index (χ4v) is 2.18. The number of rotatable bonds is 9. The number of nitrogens with zero attached hydrogens (tertiary/aromatic N) is 1. The lowest BCUT2D eigenvalue weighted by atomic mass is 10.2. The van der Waals surface area contributed by atoms with Gasteiger partial charge in [0.05, 0.1) is 6.61 Å². The van der Waals surface area contributed by atoms with E-state index in [1.54, 1.807) is 43.9 Å². The maximum absolute atomic E-state index is 12.7. The molecule has 2 N–H and O–H groups in total. The van der Waals surface area contributed by atoms with E-state index in [1.165, 1.54) is 0 Å². The van der Waals surface area contributed by atoms with Gasteiger partial charge in [0, 0.05) is 30.4 Å². The highest BCUT2D eigenvalue weighted by Crippen LogP contribution is 2.32. The number of ether oxygens (including phenoxy) is 2. The second-order valence-corrected chi connectivity index (χ2v) is 7.31. The Morgan fingerprint density at radius 1 is 1.32 bits per heavy atom. The highest BCUT2D eigenvalue weighted by molar-refractivity contribution is 7.99. The lowest BCUT2D eigenvalue weighted by Crippen LogP contribution is -2.43. The topological polar surface area (TPSA) is 54.9 Å². The number of thioether (sulfide) groups is 1. The molecular formula is C17H27F2N3O2S. The van der Waals surface area contributed by atoms with Crippen molar-refractivity contribution in [3.8, 4) is 11.5 Å². The Hall–Kier alpha value is -1.70. The standard InChI is InChI=1S/C17H27F2N3O2S/c1-6-23-13-9-7-8-12(14(13)24-15(18)19)10-21-16(20-4)22-11-17(2,3)25-5/h7-9,15H,6,10-11H2,1-5H3,(H2,20,21,22). The molecule has 0 aliphatic heterocycles. The molecular weight excluding hydrogens is 348 g/mol. The molecule has 0 radical (unpaired) electrons. The van der Waals surface area contributed by atoms with Crippen molar-refractivity contribution in [3.05, 3.63) is 23.8 Å². The van der Waals surface area contributed by atoms with Crippen molar-refractivity contribution in [3.63, 3.8) is 0 Å². The zero-order valence-corrected chi connectivity index (χ0v) is 16.2. The van der Waals surface area contributed by atoms with E-state index in [9.17, 15) is 8.78 Å². The number of alkyl halides is 2. The van der Waals surface area contributed by atoms with Gasteiger partial charge in [0.1, 0.15) is 0 Å². The van der Waals surface area contributed by atoms with Crippen LogP contribution in [0.2, 0.25) is 0 Å². The van der Waals surface area contributed by atoms with Crippen LogP contribution < -0.4 is 20.1 Å². The average molecular weight is 375 g/mol. The molecule has 0 heterocycles. The van der Waals surface area contributed by atoms with Crippen molar-refractivity contribution in [2.75, 3.05) is 26.5 Å². The quantitative estimate of drug-likeness (QED) is 0.511. The second-order valence-electron chi connectivity index (χ2n) is 5.80. The van der Waals surface area contributed by atoms with E-state index in [0.29, 0.717) is 30.4 Å². The molecule has 1 aromatic carbocycles. The molecule has 0 spiro atoms. The summed E-state index contributed by atoms with van der Waals surface area (Å²) in [5.74, 6) is 0.937. The Kier molecular flexibility index (Phi) is 8.82. The number of guanidine groups is 1. The van der Waals surface area contributed by atoms with Gasteiger partial charge in [-0.1, -0.05) is 12.1 Å². The monoisotopic (exact) mass is 375 g/mol. The molecule has 0 bridgehead atoms. The van der Waals surface area contributed by atoms with E-state index in [4.69, 9.17) is 4.74 Å². The largest absolute Gasteiger partial charge is 0.490 e. The van der Waals surface area contributed by atoms with E-state index in [-0.39, 0.29) is 17.0 Å². The number of hydrogen-bond acceptors (Lipinski definition) is 4. The van der Waals surface area contributed by atoms with Crippen LogP contribution in [0.4, 0.5) is 8.78 Å². The SMILES string of the molecule is CCOc1cccc(CNC(=NC)NCC(C)(C)SC)c1OC(F)F. The first-order valence-corrected chi connectivity index (χ1v) is 9.24. The molecule has 0 aromatic heterocycles. The maximum atomic E-state index is 12.7. The van der Waals surface area contributed by atoms with Crippen LogP contribution in [0.5, 0.6) is 11.5 Å². The van der Waals surface area contributed by atoms with Gasteiger partial charge in [-0.05, 0) is 33.1 Å². The van der Waals surface area contributed by atoms with Gasteiger partial charge in [-0.3, -0.25) is 4.99 Å². The minimum absolute atomic E-state index is 0.0479. The molecule has 0 fully saturated rings. The van der Waals surface area contributed by atoms with E-state index in [0.717, 1.165) is 0 Å². The summed E-state index contributed by atoms with van der Waals surface area (Å²) < 4.78 is 35.6. The zero-order chi connectivity index (χ0) is 18.9. The van der Waals surface area contributed by atoms with E-state index >= 15 is 0 Å². The molecule has 0 aliphatic carbocycles. The minimum atomic E-state index is -2.92. The van der Waals surface area contributed by atoms with Crippen LogP contribution in [-0.4, -0.2) is 43.8 Å². The molecule has 0 unspecified atom stereocenters. The Bertz CT molecular complexity index is 569. The van der Waals surface area contributed by atoms with Crippen LogP contribution in [0.25, 0.3) is 0 Å². The Morgan fingerprint density at radius 2 is 2.04 bits per heavy atom. The molecule has 0 saturated carbocycles. The van der Waals surface area contributed by atoms with E-state index < -0.39 is 6.61 Å². The zero-order valence-electron chi connectivity index (χ0n) is 15.4. The predicted molar refractivity (Wildman–Crippen MR) is 100 cm³/mol. The lowest BCUT2D eigenvalue weighted by molar-refractivity contribution is -0.0520. The number of para-hydroxylation sites is 1. The summed E-state index contributed by atoms with van der Waals surface area (Å²) in [4.78, 5) is 4.15. The second kappa shape index (κ2) is 10.3. The van der Waals surface area contributed by atoms with Crippen molar-refractivity contribution in [1.29, 1.82) is 0 Å². The van der Waals surface area contributed by atoms with E-state index in [1.807, 2.05) is 6.26 Å². The minimum Gasteiger partial charge on any atom is -0.490 e.